The molecule has 2 fully saturated rings. The number of amides is 2. The maximum Gasteiger partial charge on any atom is 0.362 e. The standard InChI is InChI=1S/C7H10N2O6S2/c10-5(3-16-12)8-2-1-4-6(8)7(11)9(4)17(13,14)15/h4,6,12H,1-3H2,(H,13,14,15)/t4-,6+/m1/s1. The monoisotopic (exact) mass is 282 g/mol. The zero-order valence-electron chi connectivity index (χ0n) is 8.51. The molecule has 17 heavy (non-hydrogen) atoms. The second-order valence-electron chi connectivity index (χ2n) is 3.77. The highest BCUT2D eigenvalue weighted by atomic mass is 32.2. The minimum atomic E-state index is -4.54. The van der Waals surface area contributed by atoms with Crippen molar-refractivity contribution in [3.05, 3.63) is 0 Å². The van der Waals surface area contributed by atoms with Crippen molar-refractivity contribution in [2.24, 2.45) is 0 Å². The molecule has 0 radical (unpaired) electrons. The maximum absolute atomic E-state index is 11.5. The van der Waals surface area contributed by atoms with Crippen molar-refractivity contribution in [1.82, 2.24) is 9.21 Å². The quantitative estimate of drug-likeness (QED) is 0.380. The van der Waals surface area contributed by atoms with E-state index < -0.39 is 34.2 Å². The minimum Gasteiger partial charge on any atom is -0.330 e. The third kappa shape index (κ3) is 1.90. The molecular formula is C7H10N2O6S2. The highest BCUT2D eigenvalue weighted by molar-refractivity contribution is 7.94. The van der Waals surface area contributed by atoms with Gasteiger partial charge in [-0.1, -0.05) is 0 Å². The van der Waals surface area contributed by atoms with Gasteiger partial charge in [-0.05, 0) is 18.5 Å². The number of hydrogen-bond acceptors (Lipinski definition) is 6. The van der Waals surface area contributed by atoms with Crippen LogP contribution >= 0.6 is 12.0 Å². The number of carbonyl (C=O) groups is 2. The lowest BCUT2D eigenvalue weighted by Crippen LogP contribution is -2.68. The van der Waals surface area contributed by atoms with Crippen molar-refractivity contribution < 1.29 is 27.1 Å². The summed E-state index contributed by atoms with van der Waals surface area (Å²) in [5.74, 6) is -1.40. The fourth-order valence-electron chi connectivity index (χ4n) is 2.23. The first kappa shape index (κ1) is 12.6. The number of carbonyl (C=O) groups excluding carboxylic acids is 2. The molecule has 2 amide bonds. The van der Waals surface area contributed by atoms with E-state index in [1.165, 1.54) is 4.90 Å². The Kier molecular flexibility index (Phi) is 3.06. The van der Waals surface area contributed by atoms with Gasteiger partial charge in [0.05, 0.1) is 11.8 Å². The molecule has 10 heteroatoms. The molecule has 2 aliphatic rings. The Morgan fingerprint density at radius 3 is 2.71 bits per heavy atom. The molecule has 2 rings (SSSR count). The largest absolute Gasteiger partial charge is 0.362 e. The van der Waals surface area contributed by atoms with Crippen LogP contribution < -0.4 is 0 Å². The molecule has 0 aromatic carbocycles. The van der Waals surface area contributed by atoms with Crippen LogP contribution in [0.3, 0.4) is 0 Å². The van der Waals surface area contributed by atoms with E-state index in [1.807, 2.05) is 0 Å². The summed E-state index contributed by atoms with van der Waals surface area (Å²) in [6, 6.07) is -1.50. The molecule has 0 unspecified atom stereocenters. The maximum atomic E-state index is 11.5. The van der Waals surface area contributed by atoms with Gasteiger partial charge in [0.15, 0.2) is 0 Å². The van der Waals surface area contributed by atoms with Crippen LogP contribution in [0.25, 0.3) is 0 Å². The number of hydrogen-bond donors (Lipinski definition) is 2. The topological polar surface area (TPSA) is 115 Å². The Balaban J connectivity index is 2.13. The van der Waals surface area contributed by atoms with Crippen molar-refractivity contribution in [3.8, 4) is 0 Å². The second-order valence-corrected chi connectivity index (χ2v) is 5.61. The SMILES string of the molecule is O=C(CSO)N1CC[C@@H]2[C@H]1C(=O)N2S(=O)(=O)O. The fourth-order valence-corrected chi connectivity index (χ4v) is 3.41. The first-order valence-electron chi connectivity index (χ1n) is 4.74. The summed E-state index contributed by atoms with van der Waals surface area (Å²) < 4.78 is 39.5. The van der Waals surface area contributed by atoms with Crippen LogP contribution in [0.1, 0.15) is 6.42 Å². The van der Waals surface area contributed by atoms with Crippen molar-refractivity contribution in [1.29, 1.82) is 0 Å². The summed E-state index contributed by atoms with van der Waals surface area (Å²) in [7, 11) is -4.54. The van der Waals surface area contributed by atoms with Crippen molar-refractivity contribution in [3.63, 3.8) is 0 Å². The lowest BCUT2D eigenvalue weighted by Gasteiger charge is -2.42. The van der Waals surface area contributed by atoms with Gasteiger partial charge in [-0.3, -0.25) is 14.1 Å². The van der Waals surface area contributed by atoms with E-state index in [4.69, 9.17) is 9.11 Å². The zero-order chi connectivity index (χ0) is 12.8. The molecule has 0 aliphatic carbocycles. The van der Waals surface area contributed by atoms with Crippen LogP contribution in [-0.4, -0.2) is 62.9 Å². The Morgan fingerprint density at radius 2 is 2.18 bits per heavy atom. The van der Waals surface area contributed by atoms with Gasteiger partial charge in [0.25, 0.3) is 5.91 Å². The summed E-state index contributed by atoms with van der Waals surface area (Å²) in [4.78, 5) is 24.3. The second kappa shape index (κ2) is 4.12. The Hall–Kier alpha value is -0.840. The predicted octanol–water partition coefficient (Wildman–Crippen LogP) is -1.19. The average Bonchev–Trinajstić information content (AvgIpc) is 2.54. The van der Waals surface area contributed by atoms with E-state index in [2.05, 4.69) is 0 Å². The van der Waals surface area contributed by atoms with Gasteiger partial charge in [-0.15, -0.1) is 0 Å². The molecule has 8 nitrogen and oxygen atoms in total. The van der Waals surface area contributed by atoms with Crippen LogP contribution in [0.2, 0.25) is 0 Å². The molecule has 2 aliphatic heterocycles. The van der Waals surface area contributed by atoms with Gasteiger partial charge in [0.2, 0.25) is 5.91 Å². The van der Waals surface area contributed by atoms with E-state index in [0.29, 0.717) is 22.8 Å². The fraction of sp³-hybridized carbons (Fsp3) is 0.714. The first-order chi connectivity index (χ1) is 7.88. The van der Waals surface area contributed by atoms with Crippen molar-refractivity contribution in [2.45, 2.75) is 18.5 Å². The number of nitrogens with zero attached hydrogens (tertiary/aromatic N) is 2. The van der Waals surface area contributed by atoms with Crippen LogP contribution in [0, 0.1) is 0 Å². The highest BCUT2D eigenvalue weighted by Gasteiger charge is 2.59. The summed E-state index contributed by atoms with van der Waals surface area (Å²) in [5.41, 5.74) is 0. The van der Waals surface area contributed by atoms with Gasteiger partial charge in [-0.25, -0.2) is 4.31 Å². The van der Waals surface area contributed by atoms with Crippen LogP contribution in [0.5, 0.6) is 0 Å². The highest BCUT2D eigenvalue weighted by Crippen LogP contribution is 2.35. The molecule has 96 valence electrons. The third-order valence-corrected chi connectivity index (χ3v) is 4.22. The van der Waals surface area contributed by atoms with Crippen LogP contribution in [0.15, 0.2) is 0 Å². The van der Waals surface area contributed by atoms with Gasteiger partial charge in [0, 0.05) is 6.54 Å². The van der Waals surface area contributed by atoms with E-state index in [0.717, 1.165) is 0 Å². The molecule has 0 saturated carbocycles. The summed E-state index contributed by atoms with van der Waals surface area (Å²) in [5, 5.41) is 0. The lowest BCUT2D eigenvalue weighted by molar-refractivity contribution is -0.150. The molecule has 2 saturated heterocycles. The zero-order valence-corrected chi connectivity index (χ0v) is 10.1. The average molecular weight is 282 g/mol. The molecule has 2 N–H and O–H groups in total. The van der Waals surface area contributed by atoms with Crippen molar-refractivity contribution in [2.75, 3.05) is 12.3 Å². The van der Waals surface area contributed by atoms with E-state index in [-0.39, 0.29) is 12.3 Å². The smallest absolute Gasteiger partial charge is 0.330 e. The van der Waals surface area contributed by atoms with E-state index in [9.17, 15) is 18.0 Å². The predicted molar refractivity (Wildman–Crippen MR) is 57.4 cm³/mol. The van der Waals surface area contributed by atoms with Gasteiger partial charge in [-0.2, -0.15) is 8.42 Å². The van der Waals surface area contributed by atoms with Crippen LogP contribution in [0.4, 0.5) is 0 Å². The number of fused-ring (bicyclic) bond motifs is 1. The summed E-state index contributed by atoms with van der Waals surface area (Å²) in [6.07, 6.45) is 0.304. The summed E-state index contributed by atoms with van der Waals surface area (Å²) in [6.45, 7) is 0.243. The minimum absolute atomic E-state index is 0.178. The van der Waals surface area contributed by atoms with Crippen molar-refractivity contribution >= 4 is 34.2 Å². The third-order valence-electron chi connectivity index (χ3n) is 2.89. The number of β-lactam (4-membered cyclic amide) rings is 1. The Bertz CT molecular complexity index is 463. The first-order valence-corrected chi connectivity index (χ1v) is 7.08. The van der Waals surface area contributed by atoms with Gasteiger partial charge >= 0.3 is 10.3 Å². The molecule has 2 heterocycles. The molecule has 0 aromatic heterocycles. The Morgan fingerprint density at radius 1 is 1.53 bits per heavy atom. The van der Waals surface area contributed by atoms with Gasteiger partial charge in [0.1, 0.15) is 6.04 Å². The van der Waals surface area contributed by atoms with E-state index in [1.54, 1.807) is 0 Å². The van der Waals surface area contributed by atoms with E-state index >= 15 is 0 Å². The summed E-state index contributed by atoms with van der Waals surface area (Å²) >= 11 is 0.348. The normalized spacial score (nSPS) is 28.0. The Labute approximate surface area is 102 Å². The van der Waals surface area contributed by atoms with Crippen LogP contribution in [-0.2, 0) is 19.9 Å². The molecule has 0 aromatic rings. The molecule has 0 bridgehead atoms. The number of rotatable bonds is 3. The number of likely N-dealkylation sites (tertiary alicyclic amines) is 1. The molecular weight excluding hydrogens is 272 g/mol. The lowest BCUT2D eigenvalue weighted by atomic mass is 10.0. The molecule has 0 spiro atoms. The molecule has 2 atom stereocenters. The van der Waals surface area contributed by atoms with Gasteiger partial charge < -0.3 is 9.45 Å².